The van der Waals surface area contributed by atoms with Gasteiger partial charge in [-0.15, -0.1) is 0 Å². The largest absolute Gasteiger partial charge is 0.421 e. The maximum atomic E-state index is 12.4. The van der Waals surface area contributed by atoms with Crippen molar-refractivity contribution in [3.05, 3.63) is 61.5 Å². The van der Waals surface area contributed by atoms with Gasteiger partial charge in [-0.25, -0.2) is 4.79 Å². The van der Waals surface area contributed by atoms with Gasteiger partial charge in [0.2, 0.25) is 0 Å². The molecular weight excluding hydrogens is 502 g/mol. The lowest BCUT2D eigenvalue weighted by Gasteiger charge is -2.29. The summed E-state index contributed by atoms with van der Waals surface area (Å²) in [6.07, 6.45) is 3.59. The maximum absolute atomic E-state index is 12.4. The van der Waals surface area contributed by atoms with Crippen LogP contribution in [0.3, 0.4) is 0 Å². The number of halogens is 3. The minimum Gasteiger partial charge on any atom is -0.421 e. The average Bonchev–Trinajstić information content (AvgIpc) is 2.65. The molecule has 0 spiro atoms. The Bertz CT molecular complexity index is 813. The molecule has 0 aliphatic carbocycles. The summed E-state index contributed by atoms with van der Waals surface area (Å²) in [5, 5.41) is 0.569. The van der Waals surface area contributed by atoms with Crippen LogP contribution in [0.5, 0.6) is 5.75 Å². The summed E-state index contributed by atoms with van der Waals surface area (Å²) < 4.78 is 6.89. The Morgan fingerprint density at radius 1 is 1.00 bits per heavy atom. The molecule has 2 aromatic rings. The molecule has 7 heteroatoms. The fourth-order valence-electron chi connectivity index (χ4n) is 2.80. The zero-order valence-corrected chi connectivity index (χ0v) is 18.5. The van der Waals surface area contributed by atoms with E-state index in [1.165, 1.54) is 19.3 Å². The lowest BCUT2D eigenvalue weighted by Crippen LogP contribution is -2.34. The number of carbonyl (C=O) groups is 1. The van der Waals surface area contributed by atoms with Crippen molar-refractivity contribution in [3.8, 4) is 5.75 Å². The lowest BCUT2D eigenvalue weighted by atomic mass is 10.1. The first-order chi connectivity index (χ1) is 12.5. The first-order valence-electron chi connectivity index (χ1n) is 8.22. The first kappa shape index (κ1) is 19.8. The maximum Gasteiger partial charge on any atom is 0.343 e. The Morgan fingerprint density at radius 2 is 1.58 bits per heavy atom. The van der Waals surface area contributed by atoms with Gasteiger partial charge in [0.25, 0.3) is 0 Å². The Balaban J connectivity index is 1.79. The summed E-state index contributed by atoms with van der Waals surface area (Å²) in [6.45, 7) is 1.97. The highest BCUT2D eigenvalue weighted by molar-refractivity contribution is 9.11. The lowest BCUT2D eigenvalue weighted by molar-refractivity contribution is 0.0732. The molecule has 2 aromatic carbocycles. The molecule has 136 valence electrons. The SMILES string of the molecule is O=C(Oc1c(Br)cc(C(=S)N2CCCCC2)cc1Br)c1ccc(Cl)cc1. The molecule has 0 bridgehead atoms. The van der Waals surface area contributed by atoms with Crippen LogP contribution in [0.1, 0.15) is 35.2 Å². The average molecular weight is 518 g/mol. The number of hydrogen-bond acceptors (Lipinski definition) is 3. The van der Waals surface area contributed by atoms with Gasteiger partial charge in [-0.1, -0.05) is 23.8 Å². The van der Waals surface area contributed by atoms with Crippen LogP contribution < -0.4 is 4.74 Å². The van der Waals surface area contributed by atoms with Gasteiger partial charge in [0.1, 0.15) is 4.99 Å². The summed E-state index contributed by atoms with van der Waals surface area (Å²) >= 11 is 18.5. The second-order valence-corrected chi connectivity index (χ2v) is 8.55. The van der Waals surface area contributed by atoms with Crippen LogP contribution in [0.25, 0.3) is 0 Å². The van der Waals surface area contributed by atoms with Crippen LogP contribution in [0.4, 0.5) is 0 Å². The van der Waals surface area contributed by atoms with E-state index in [1.807, 2.05) is 12.1 Å². The number of thiocarbonyl (C=S) groups is 1. The van der Waals surface area contributed by atoms with Crippen LogP contribution in [-0.4, -0.2) is 28.9 Å². The standard InChI is InChI=1S/C19H16Br2ClNO2S/c20-15-10-13(18(26)23-8-2-1-3-9-23)11-16(21)17(15)25-19(24)12-4-6-14(22)7-5-12/h4-7,10-11H,1-3,8-9H2. The van der Waals surface area contributed by atoms with E-state index in [0.717, 1.165) is 23.6 Å². The minimum atomic E-state index is -0.450. The van der Waals surface area contributed by atoms with E-state index in [9.17, 15) is 4.79 Å². The molecule has 0 atom stereocenters. The molecule has 3 nitrogen and oxygen atoms in total. The van der Waals surface area contributed by atoms with Gasteiger partial charge in [0.05, 0.1) is 14.5 Å². The number of ether oxygens (including phenoxy) is 1. The summed E-state index contributed by atoms with van der Waals surface area (Å²) in [5.74, 6) is -0.0235. The van der Waals surface area contributed by atoms with Crippen molar-refractivity contribution in [2.45, 2.75) is 19.3 Å². The second kappa shape index (κ2) is 8.83. The molecule has 1 heterocycles. The smallest absolute Gasteiger partial charge is 0.343 e. The van der Waals surface area contributed by atoms with E-state index in [-0.39, 0.29) is 0 Å². The van der Waals surface area contributed by atoms with Crippen LogP contribution in [-0.2, 0) is 0 Å². The van der Waals surface area contributed by atoms with E-state index in [1.54, 1.807) is 24.3 Å². The van der Waals surface area contributed by atoms with Gasteiger partial charge >= 0.3 is 5.97 Å². The third-order valence-corrected chi connectivity index (χ3v) is 6.09. The topological polar surface area (TPSA) is 29.5 Å². The van der Waals surface area contributed by atoms with Crippen LogP contribution in [0.2, 0.25) is 5.02 Å². The number of piperidine rings is 1. The van der Waals surface area contributed by atoms with E-state index in [2.05, 4.69) is 36.8 Å². The van der Waals surface area contributed by atoms with Gasteiger partial charge in [-0.05, 0) is 87.5 Å². The van der Waals surface area contributed by atoms with E-state index in [4.69, 9.17) is 28.6 Å². The molecule has 1 aliphatic heterocycles. The number of hydrogen-bond donors (Lipinski definition) is 0. The Kier molecular flexibility index (Phi) is 6.72. The van der Waals surface area contributed by atoms with Gasteiger partial charge in [0, 0.05) is 23.7 Å². The van der Waals surface area contributed by atoms with Crippen molar-refractivity contribution < 1.29 is 9.53 Å². The monoisotopic (exact) mass is 515 g/mol. The molecule has 0 radical (unpaired) electrons. The molecule has 0 aromatic heterocycles. The van der Waals surface area contributed by atoms with E-state index >= 15 is 0 Å². The molecule has 0 saturated carbocycles. The molecule has 1 aliphatic rings. The summed E-state index contributed by atoms with van der Waals surface area (Å²) in [5.41, 5.74) is 1.35. The van der Waals surface area contributed by atoms with Crippen molar-refractivity contribution in [1.82, 2.24) is 4.90 Å². The van der Waals surface area contributed by atoms with Crippen LogP contribution in [0, 0.1) is 0 Å². The molecule has 0 amide bonds. The Labute approximate surface area is 179 Å². The number of likely N-dealkylation sites (tertiary alicyclic amines) is 1. The molecule has 1 saturated heterocycles. The Hall–Kier alpha value is -0.950. The van der Waals surface area contributed by atoms with Gasteiger partial charge in [-0.3, -0.25) is 0 Å². The predicted octanol–water partition coefficient (Wildman–Crippen LogP) is 6.25. The number of esters is 1. The van der Waals surface area contributed by atoms with Gasteiger partial charge in [0.15, 0.2) is 5.75 Å². The second-order valence-electron chi connectivity index (χ2n) is 6.02. The fraction of sp³-hybridized carbons (Fsp3) is 0.263. The minimum absolute atomic E-state index is 0.426. The number of rotatable bonds is 3. The first-order valence-corrected chi connectivity index (χ1v) is 10.6. The molecule has 3 rings (SSSR count). The number of benzene rings is 2. The number of carbonyl (C=O) groups excluding carboxylic acids is 1. The van der Waals surface area contributed by atoms with Crippen molar-refractivity contribution in [3.63, 3.8) is 0 Å². The molecular formula is C19H16Br2ClNO2S. The van der Waals surface area contributed by atoms with E-state index in [0.29, 0.717) is 25.3 Å². The van der Waals surface area contributed by atoms with Crippen molar-refractivity contribution in [1.29, 1.82) is 0 Å². The van der Waals surface area contributed by atoms with Gasteiger partial charge in [-0.2, -0.15) is 0 Å². The predicted molar refractivity (Wildman–Crippen MR) is 115 cm³/mol. The fourth-order valence-corrected chi connectivity index (χ4v) is 4.57. The summed E-state index contributed by atoms with van der Waals surface area (Å²) in [4.78, 5) is 15.4. The van der Waals surface area contributed by atoms with E-state index < -0.39 is 5.97 Å². The zero-order valence-electron chi connectivity index (χ0n) is 13.8. The molecule has 0 N–H and O–H groups in total. The highest BCUT2D eigenvalue weighted by Crippen LogP contribution is 2.36. The normalized spacial score (nSPS) is 14.2. The van der Waals surface area contributed by atoms with Crippen molar-refractivity contribution in [2.75, 3.05) is 13.1 Å². The summed E-state index contributed by atoms with van der Waals surface area (Å²) in [6, 6.07) is 10.4. The quantitative estimate of drug-likeness (QED) is 0.274. The Morgan fingerprint density at radius 3 is 2.15 bits per heavy atom. The molecule has 0 unspecified atom stereocenters. The van der Waals surface area contributed by atoms with Crippen LogP contribution >= 0.6 is 55.7 Å². The van der Waals surface area contributed by atoms with Crippen LogP contribution in [0.15, 0.2) is 45.3 Å². The molecule has 26 heavy (non-hydrogen) atoms. The highest BCUT2D eigenvalue weighted by Gasteiger charge is 2.19. The van der Waals surface area contributed by atoms with Crippen molar-refractivity contribution >= 4 is 66.6 Å². The van der Waals surface area contributed by atoms with Crippen molar-refractivity contribution in [2.24, 2.45) is 0 Å². The third kappa shape index (κ3) is 4.66. The number of nitrogens with zero attached hydrogens (tertiary/aromatic N) is 1. The highest BCUT2D eigenvalue weighted by atomic mass is 79.9. The summed E-state index contributed by atoms with van der Waals surface area (Å²) in [7, 11) is 0. The van der Waals surface area contributed by atoms with Gasteiger partial charge < -0.3 is 9.64 Å². The zero-order chi connectivity index (χ0) is 18.7. The molecule has 1 fully saturated rings. The third-order valence-electron chi connectivity index (χ3n) is 4.16.